The lowest BCUT2D eigenvalue weighted by Crippen LogP contribution is -3.00. The van der Waals surface area contributed by atoms with Gasteiger partial charge in [-0.15, -0.1) is 0 Å². The quantitative estimate of drug-likeness (QED) is 0.728. The number of carbonyl (C=O) groups is 1. The summed E-state index contributed by atoms with van der Waals surface area (Å²) >= 11 is 0. The van der Waals surface area contributed by atoms with Crippen molar-refractivity contribution in [2.45, 2.75) is 0 Å². The monoisotopic (exact) mass is 294 g/mol. The predicted octanol–water partition coefficient (Wildman–Crippen LogP) is -0.806. The van der Waals surface area contributed by atoms with Crippen LogP contribution in [0.2, 0.25) is 0 Å². The van der Waals surface area contributed by atoms with Crippen LogP contribution in [0.4, 0.5) is 5.69 Å². The van der Waals surface area contributed by atoms with Crippen molar-refractivity contribution >= 4 is 22.4 Å². The normalized spacial score (nSPS) is 10.9. The number of anilines is 1. The van der Waals surface area contributed by atoms with E-state index in [1.54, 1.807) is 12.1 Å². The first-order valence-corrected chi connectivity index (χ1v) is 6.17. The second kappa shape index (κ2) is 6.11. The van der Waals surface area contributed by atoms with Crippen LogP contribution in [0.25, 0.3) is 10.8 Å². The van der Waals surface area contributed by atoms with Crippen molar-refractivity contribution in [3.63, 3.8) is 0 Å². The Morgan fingerprint density at radius 2 is 1.90 bits per heavy atom. The molecule has 0 bridgehead atoms. The van der Waals surface area contributed by atoms with Crippen LogP contribution in [0.5, 0.6) is 5.75 Å². The maximum atomic E-state index is 12.0. The number of halogens is 1. The molecule has 0 aromatic heterocycles. The molecule has 0 spiro atoms. The highest BCUT2D eigenvalue weighted by atomic mass is 35.5. The highest BCUT2D eigenvalue weighted by Gasteiger charge is 2.15. The van der Waals surface area contributed by atoms with Crippen molar-refractivity contribution in [1.82, 2.24) is 0 Å². The van der Waals surface area contributed by atoms with Gasteiger partial charge in [-0.2, -0.15) is 0 Å². The number of hydrogen-bond donors (Lipinski definition) is 2. The van der Waals surface area contributed by atoms with Gasteiger partial charge in [-0.25, -0.2) is 0 Å². The highest BCUT2D eigenvalue weighted by molar-refractivity contribution is 6.02. The summed E-state index contributed by atoms with van der Waals surface area (Å²) in [7, 11) is 5.92. The van der Waals surface area contributed by atoms with Crippen LogP contribution in [0, 0.1) is 0 Å². The van der Waals surface area contributed by atoms with E-state index in [1.807, 2.05) is 45.4 Å². The van der Waals surface area contributed by atoms with Gasteiger partial charge >= 0.3 is 0 Å². The molecule has 2 rings (SSSR count). The molecule has 0 saturated heterocycles. The maximum absolute atomic E-state index is 12.0. The van der Waals surface area contributed by atoms with E-state index in [0.29, 0.717) is 11.0 Å². The van der Waals surface area contributed by atoms with Gasteiger partial charge in [-0.1, -0.05) is 12.1 Å². The fourth-order valence-electron chi connectivity index (χ4n) is 2.00. The lowest BCUT2D eigenvalue weighted by molar-refractivity contribution is -0.861. The lowest BCUT2D eigenvalue weighted by Gasteiger charge is -2.23. The Kier molecular flexibility index (Phi) is 4.98. The summed E-state index contributed by atoms with van der Waals surface area (Å²) in [5.41, 5.74) is 0.774. The maximum Gasteiger partial charge on any atom is 0.279 e. The molecule has 0 atom stereocenters. The molecular formula is C15H19ClN2O2. The Bertz CT molecular complexity index is 621. The van der Waals surface area contributed by atoms with Crippen LogP contribution in [0.3, 0.4) is 0 Å². The summed E-state index contributed by atoms with van der Waals surface area (Å²) in [6, 6.07) is 10.8. The highest BCUT2D eigenvalue weighted by Crippen LogP contribution is 2.26. The van der Waals surface area contributed by atoms with Crippen molar-refractivity contribution in [3.8, 4) is 5.75 Å². The third kappa shape index (κ3) is 4.11. The van der Waals surface area contributed by atoms with Crippen LogP contribution in [-0.2, 0) is 4.79 Å². The Morgan fingerprint density at radius 3 is 2.55 bits per heavy atom. The molecule has 0 aliphatic heterocycles. The number of likely N-dealkylation sites (N-methyl/N-ethyl adjacent to an activating group) is 1. The smallest absolute Gasteiger partial charge is 0.279 e. The SMILES string of the molecule is C[N+](C)(C)CC(=O)Nc1cccc2cc(O)ccc12.[Cl-]. The molecule has 20 heavy (non-hydrogen) atoms. The van der Waals surface area contributed by atoms with Gasteiger partial charge < -0.3 is 27.3 Å². The molecule has 2 N–H and O–H groups in total. The summed E-state index contributed by atoms with van der Waals surface area (Å²) < 4.78 is 0.581. The number of quaternary nitrogens is 1. The number of hydrogen-bond acceptors (Lipinski definition) is 2. The van der Waals surface area contributed by atoms with Gasteiger partial charge in [0.1, 0.15) is 5.75 Å². The molecule has 4 nitrogen and oxygen atoms in total. The van der Waals surface area contributed by atoms with E-state index in [9.17, 15) is 9.90 Å². The zero-order valence-corrected chi connectivity index (χ0v) is 12.6. The van der Waals surface area contributed by atoms with Gasteiger partial charge in [0.05, 0.1) is 21.1 Å². The number of carbonyl (C=O) groups excluding carboxylic acids is 1. The largest absolute Gasteiger partial charge is 1.00 e. The van der Waals surface area contributed by atoms with Gasteiger partial charge in [-0.05, 0) is 29.7 Å². The number of nitrogens with zero attached hydrogens (tertiary/aromatic N) is 1. The molecule has 5 heteroatoms. The van der Waals surface area contributed by atoms with Gasteiger partial charge in [0.25, 0.3) is 5.91 Å². The standard InChI is InChI=1S/C15H18N2O2.ClH/c1-17(2,3)10-15(19)16-14-6-4-5-11-9-12(18)7-8-13(11)14;/h4-9H,10H2,1-3H3,(H-,16,18,19);1H. The van der Waals surface area contributed by atoms with Crippen LogP contribution >= 0.6 is 0 Å². The number of phenols is 1. The lowest BCUT2D eigenvalue weighted by atomic mass is 10.1. The van der Waals surface area contributed by atoms with Crippen molar-refractivity contribution < 1.29 is 26.8 Å². The summed E-state index contributed by atoms with van der Waals surface area (Å²) in [6.45, 7) is 0.411. The van der Waals surface area contributed by atoms with Crippen molar-refractivity contribution in [3.05, 3.63) is 36.4 Å². The zero-order chi connectivity index (χ0) is 14.0. The molecule has 108 valence electrons. The van der Waals surface area contributed by atoms with E-state index < -0.39 is 0 Å². The summed E-state index contributed by atoms with van der Waals surface area (Å²) in [5, 5.41) is 14.2. The first-order valence-electron chi connectivity index (χ1n) is 6.17. The Morgan fingerprint density at radius 1 is 1.20 bits per heavy atom. The number of nitrogens with one attached hydrogen (secondary N) is 1. The average molecular weight is 295 g/mol. The Labute approximate surface area is 125 Å². The van der Waals surface area contributed by atoms with E-state index in [0.717, 1.165) is 16.5 Å². The molecule has 0 radical (unpaired) electrons. The minimum atomic E-state index is -0.0203. The van der Waals surface area contributed by atoms with E-state index in [-0.39, 0.29) is 24.1 Å². The van der Waals surface area contributed by atoms with Gasteiger partial charge in [0, 0.05) is 11.1 Å². The van der Waals surface area contributed by atoms with Gasteiger partial charge in [-0.3, -0.25) is 4.79 Å². The fraction of sp³-hybridized carbons (Fsp3) is 0.267. The second-order valence-electron chi connectivity index (χ2n) is 5.71. The van der Waals surface area contributed by atoms with Crippen molar-refractivity contribution in [2.24, 2.45) is 0 Å². The minimum Gasteiger partial charge on any atom is -1.00 e. The Hall–Kier alpha value is -1.78. The Balaban J connectivity index is 0.00000200. The van der Waals surface area contributed by atoms with Crippen molar-refractivity contribution in [1.29, 1.82) is 0 Å². The van der Waals surface area contributed by atoms with Crippen molar-refractivity contribution in [2.75, 3.05) is 33.0 Å². The third-order valence-electron chi connectivity index (χ3n) is 2.76. The molecule has 2 aromatic rings. The van der Waals surface area contributed by atoms with Gasteiger partial charge in [0.15, 0.2) is 6.54 Å². The number of rotatable bonds is 3. The zero-order valence-electron chi connectivity index (χ0n) is 11.9. The second-order valence-corrected chi connectivity index (χ2v) is 5.71. The topological polar surface area (TPSA) is 49.3 Å². The molecule has 0 unspecified atom stereocenters. The van der Waals surface area contributed by atoms with E-state index >= 15 is 0 Å². The average Bonchev–Trinajstić information content (AvgIpc) is 2.26. The molecule has 0 saturated carbocycles. The summed E-state index contributed by atoms with van der Waals surface area (Å²) in [6.07, 6.45) is 0. The fourth-order valence-corrected chi connectivity index (χ4v) is 2.00. The van der Waals surface area contributed by atoms with Crippen LogP contribution in [0.1, 0.15) is 0 Å². The predicted molar refractivity (Wildman–Crippen MR) is 77.1 cm³/mol. The molecule has 0 aliphatic rings. The number of amides is 1. The van der Waals surface area contributed by atoms with Crippen LogP contribution in [-0.4, -0.2) is 43.2 Å². The number of benzene rings is 2. The van der Waals surface area contributed by atoms with Crippen LogP contribution < -0.4 is 17.7 Å². The van der Waals surface area contributed by atoms with Crippen LogP contribution in [0.15, 0.2) is 36.4 Å². The van der Waals surface area contributed by atoms with E-state index in [1.165, 1.54) is 0 Å². The molecular weight excluding hydrogens is 276 g/mol. The molecule has 2 aromatic carbocycles. The molecule has 0 aliphatic carbocycles. The first kappa shape index (κ1) is 16.3. The third-order valence-corrected chi connectivity index (χ3v) is 2.76. The minimum absolute atomic E-state index is 0. The summed E-state index contributed by atoms with van der Waals surface area (Å²) in [4.78, 5) is 12.0. The van der Waals surface area contributed by atoms with Gasteiger partial charge in [0.2, 0.25) is 0 Å². The number of fused-ring (bicyclic) bond motifs is 1. The van der Waals surface area contributed by atoms with E-state index in [4.69, 9.17) is 0 Å². The molecule has 0 fully saturated rings. The first-order chi connectivity index (χ1) is 8.85. The number of aromatic hydroxyl groups is 1. The molecule has 1 amide bonds. The number of phenolic OH excluding ortho intramolecular Hbond substituents is 1. The molecule has 0 heterocycles. The summed E-state index contributed by atoms with van der Waals surface area (Å²) in [5.74, 6) is 0.204. The van der Waals surface area contributed by atoms with E-state index in [2.05, 4.69) is 5.32 Å².